The Kier molecular flexibility index (Phi) is 4.24. The lowest BCUT2D eigenvalue weighted by Gasteiger charge is -2.07. The summed E-state index contributed by atoms with van der Waals surface area (Å²) in [6.45, 7) is 4.41. The lowest BCUT2D eigenvalue weighted by Crippen LogP contribution is -1.86. The topological polar surface area (TPSA) is 12.9 Å². The standard InChI is InChI=1S/C14H14BrNS/c1-10(2)11-5-7-12(8-6-11)17-14-13(15)4-3-9-16-14/h3-10H,1-2H3. The summed E-state index contributed by atoms with van der Waals surface area (Å²) in [6.07, 6.45) is 1.82. The van der Waals surface area contributed by atoms with Gasteiger partial charge in [0.1, 0.15) is 5.03 Å². The molecule has 0 aliphatic heterocycles. The number of pyridine rings is 1. The lowest BCUT2D eigenvalue weighted by atomic mass is 10.0. The van der Waals surface area contributed by atoms with Gasteiger partial charge in [-0.2, -0.15) is 0 Å². The molecule has 0 N–H and O–H groups in total. The molecular weight excluding hydrogens is 294 g/mol. The van der Waals surface area contributed by atoms with Gasteiger partial charge >= 0.3 is 0 Å². The number of hydrogen-bond donors (Lipinski definition) is 0. The van der Waals surface area contributed by atoms with E-state index in [1.54, 1.807) is 11.8 Å². The molecule has 1 aromatic heterocycles. The third-order valence-electron chi connectivity index (χ3n) is 2.49. The zero-order valence-electron chi connectivity index (χ0n) is 9.85. The Hall–Kier alpha value is -0.800. The van der Waals surface area contributed by atoms with Crippen molar-refractivity contribution in [2.75, 3.05) is 0 Å². The van der Waals surface area contributed by atoms with Crippen LogP contribution in [0.1, 0.15) is 25.3 Å². The maximum absolute atomic E-state index is 4.35. The van der Waals surface area contributed by atoms with Gasteiger partial charge in [0.25, 0.3) is 0 Å². The number of hydrogen-bond acceptors (Lipinski definition) is 2. The molecule has 0 aliphatic carbocycles. The molecule has 2 aromatic rings. The van der Waals surface area contributed by atoms with Gasteiger partial charge in [-0.05, 0) is 51.7 Å². The predicted octanol–water partition coefficient (Wildman–Crippen LogP) is 5.12. The van der Waals surface area contributed by atoms with Crippen molar-refractivity contribution in [3.8, 4) is 0 Å². The van der Waals surface area contributed by atoms with Crippen LogP contribution in [0.2, 0.25) is 0 Å². The van der Waals surface area contributed by atoms with Gasteiger partial charge in [0.05, 0.1) is 4.47 Å². The third-order valence-corrected chi connectivity index (χ3v) is 4.41. The Labute approximate surface area is 115 Å². The largest absolute Gasteiger partial charge is 0.248 e. The predicted molar refractivity (Wildman–Crippen MR) is 76.6 cm³/mol. The fraction of sp³-hybridized carbons (Fsp3) is 0.214. The van der Waals surface area contributed by atoms with E-state index in [0.29, 0.717) is 5.92 Å². The van der Waals surface area contributed by atoms with Crippen LogP contribution in [0.4, 0.5) is 0 Å². The molecule has 17 heavy (non-hydrogen) atoms. The van der Waals surface area contributed by atoms with E-state index in [9.17, 15) is 0 Å². The van der Waals surface area contributed by atoms with Gasteiger partial charge in [-0.25, -0.2) is 4.98 Å². The molecule has 2 rings (SSSR count). The summed E-state index contributed by atoms with van der Waals surface area (Å²) in [5, 5.41) is 1.00. The van der Waals surface area contributed by atoms with Crippen LogP contribution < -0.4 is 0 Å². The molecule has 0 fully saturated rings. The maximum Gasteiger partial charge on any atom is 0.115 e. The highest BCUT2D eigenvalue weighted by Gasteiger charge is 2.04. The van der Waals surface area contributed by atoms with Crippen molar-refractivity contribution in [1.29, 1.82) is 0 Å². The van der Waals surface area contributed by atoms with Crippen molar-refractivity contribution in [3.63, 3.8) is 0 Å². The summed E-state index contributed by atoms with van der Waals surface area (Å²) < 4.78 is 1.04. The molecule has 3 heteroatoms. The summed E-state index contributed by atoms with van der Waals surface area (Å²) >= 11 is 5.18. The molecule has 0 radical (unpaired) electrons. The fourth-order valence-corrected chi connectivity index (χ4v) is 2.75. The van der Waals surface area contributed by atoms with E-state index in [0.717, 1.165) is 9.50 Å². The Morgan fingerprint density at radius 2 is 1.82 bits per heavy atom. The fourth-order valence-electron chi connectivity index (χ4n) is 1.48. The quantitative estimate of drug-likeness (QED) is 0.780. The van der Waals surface area contributed by atoms with Crippen molar-refractivity contribution in [1.82, 2.24) is 4.98 Å². The monoisotopic (exact) mass is 307 g/mol. The SMILES string of the molecule is CC(C)c1ccc(Sc2ncccc2Br)cc1. The molecule has 0 bridgehead atoms. The Morgan fingerprint density at radius 3 is 2.41 bits per heavy atom. The summed E-state index contributed by atoms with van der Waals surface area (Å²) in [5.41, 5.74) is 1.37. The molecule has 0 saturated carbocycles. The summed E-state index contributed by atoms with van der Waals surface area (Å²) in [7, 11) is 0. The van der Waals surface area contributed by atoms with Gasteiger partial charge in [-0.15, -0.1) is 0 Å². The summed E-state index contributed by atoms with van der Waals surface area (Å²) in [6, 6.07) is 12.6. The first-order valence-electron chi connectivity index (χ1n) is 5.55. The van der Waals surface area contributed by atoms with Crippen LogP contribution in [0.25, 0.3) is 0 Å². The van der Waals surface area contributed by atoms with Crippen molar-refractivity contribution in [2.45, 2.75) is 29.7 Å². The Morgan fingerprint density at radius 1 is 1.12 bits per heavy atom. The van der Waals surface area contributed by atoms with E-state index >= 15 is 0 Å². The van der Waals surface area contributed by atoms with Gasteiger partial charge in [0.15, 0.2) is 0 Å². The summed E-state index contributed by atoms with van der Waals surface area (Å²) in [5.74, 6) is 0.579. The normalized spacial score (nSPS) is 10.8. The average molecular weight is 308 g/mol. The molecule has 0 saturated heterocycles. The molecule has 0 spiro atoms. The van der Waals surface area contributed by atoms with Crippen LogP contribution >= 0.6 is 27.7 Å². The maximum atomic E-state index is 4.35. The number of aromatic nitrogens is 1. The van der Waals surface area contributed by atoms with Crippen molar-refractivity contribution in [3.05, 3.63) is 52.6 Å². The van der Waals surface area contributed by atoms with E-state index in [2.05, 4.69) is 59.0 Å². The molecule has 0 unspecified atom stereocenters. The third kappa shape index (κ3) is 3.33. The smallest absolute Gasteiger partial charge is 0.115 e. The molecule has 1 aromatic carbocycles. The van der Waals surface area contributed by atoms with E-state index < -0.39 is 0 Å². The highest BCUT2D eigenvalue weighted by Crippen LogP contribution is 2.31. The minimum Gasteiger partial charge on any atom is -0.248 e. The second-order valence-corrected chi connectivity index (χ2v) is 6.03. The van der Waals surface area contributed by atoms with Crippen LogP contribution in [-0.4, -0.2) is 4.98 Å². The average Bonchev–Trinajstić information content (AvgIpc) is 2.33. The molecule has 0 atom stereocenters. The van der Waals surface area contributed by atoms with E-state index in [4.69, 9.17) is 0 Å². The highest BCUT2D eigenvalue weighted by molar-refractivity contribution is 9.10. The second kappa shape index (κ2) is 5.69. The Balaban J connectivity index is 2.17. The minimum atomic E-state index is 0.579. The molecule has 0 aliphatic rings. The highest BCUT2D eigenvalue weighted by atomic mass is 79.9. The van der Waals surface area contributed by atoms with E-state index in [1.807, 2.05) is 18.3 Å². The molecule has 0 amide bonds. The van der Waals surface area contributed by atoms with Crippen molar-refractivity contribution >= 4 is 27.7 Å². The molecular formula is C14H14BrNS. The first-order chi connectivity index (χ1) is 8.16. The van der Waals surface area contributed by atoms with Crippen LogP contribution in [-0.2, 0) is 0 Å². The van der Waals surface area contributed by atoms with Crippen molar-refractivity contribution < 1.29 is 0 Å². The van der Waals surface area contributed by atoms with Gasteiger partial charge in [-0.3, -0.25) is 0 Å². The van der Waals surface area contributed by atoms with Crippen LogP contribution in [0, 0.1) is 0 Å². The molecule has 1 nitrogen and oxygen atoms in total. The van der Waals surface area contributed by atoms with Gasteiger partial charge in [0.2, 0.25) is 0 Å². The molecule has 1 heterocycles. The van der Waals surface area contributed by atoms with Crippen molar-refractivity contribution in [2.24, 2.45) is 0 Å². The summed E-state index contributed by atoms with van der Waals surface area (Å²) in [4.78, 5) is 5.56. The minimum absolute atomic E-state index is 0.579. The number of rotatable bonds is 3. The number of nitrogens with zero attached hydrogens (tertiary/aromatic N) is 1. The van der Waals surface area contributed by atoms with Crippen LogP contribution in [0.5, 0.6) is 0 Å². The lowest BCUT2D eigenvalue weighted by molar-refractivity contribution is 0.865. The van der Waals surface area contributed by atoms with Crippen LogP contribution in [0.15, 0.2) is 57.0 Å². The van der Waals surface area contributed by atoms with Gasteiger partial charge in [-0.1, -0.05) is 37.7 Å². The first kappa shape index (κ1) is 12.7. The van der Waals surface area contributed by atoms with E-state index in [1.165, 1.54) is 10.5 Å². The zero-order chi connectivity index (χ0) is 12.3. The van der Waals surface area contributed by atoms with E-state index in [-0.39, 0.29) is 0 Å². The van der Waals surface area contributed by atoms with Crippen LogP contribution in [0.3, 0.4) is 0 Å². The van der Waals surface area contributed by atoms with Gasteiger partial charge in [0, 0.05) is 11.1 Å². The first-order valence-corrected chi connectivity index (χ1v) is 7.16. The molecule has 88 valence electrons. The number of halogens is 1. The van der Waals surface area contributed by atoms with Gasteiger partial charge < -0.3 is 0 Å². The Bertz CT molecular complexity index is 494. The second-order valence-electron chi connectivity index (χ2n) is 4.12. The zero-order valence-corrected chi connectivity index (χ0v) is 12.3. The number of benzene rings is 1.